The van der Waals surface area contributed by atoms with Gasteiger partial charge in [0, 0.05) is 37.2 Å². The molecule has 0 atom stereocenters. The number of nitrogens with zero attached hydrogens (tertiary/aromatic N) is 1. The van der Waals surface area contributed by atoms with Crippen LogP contribution in [0.3, 0.4) is 0 Å². The van der Waals surface area contributed by atoms with Gasteiger partial charge in [-0.2, -0.15) is 0 Å². The highest BCUT2D eigenvalue weighted by Crippen LogP contribution is 2.25. The molecule has 1 saturated heterocycles. The quantitative estimate of drug-likeness (QED) is 0.854. The standard InChI is InChI=1S/C20H26F2N2O3/c21-14-10-15(22)12-18(11-14)27-17-7-5-16(6-8-17)23-19(25)13-24-9-3-1-2-4-20(24)26/h10-12,16-17H,1-9,13H2,(H,23,25). The Kier molecular flexibility index (Phi) is 6.63. The van der Waals surface area contributed by atoms with Crippen molar-refractivity contribution < 1.29 is 23.1 Å². The van der Waals surface area contributed by atoms with Crippen molar-refractivity contribution >= 4 is 11.8 Å². The van der Waals surface area contributed by atoms with Crippen LogP contribution in [0.25, 0.3) is 0 Å². The highest BCUT2D eigenvalue weighted by Gasteiger charge is 2.25. The molecule has 1 aromatic rings. The summed E-state index contributed by atoms with van der Waals surface area (Å²) in [4.78, 5) is 25.9. The number of likely N-dealkylation sites (tertiary alicyclic amines) is 1. The Balaban J connectivity index is 1.42. The monoisotopic (exact) mass is 380 g/mol. The van der Waals surface area contributed by atoms with E-state index in [9.17, 15) is 18.4 Å². The molecule has 1 heterocycles. The Morgan fingerprint density at radius 2 is 1.78 bits per heavy atom. The Bertz CT molecular complexity index is 655. The Morgan fingerprint density at radius 3 is 2.48 bits per heavy atom. The smallest absolute Gasteiger partial charge is 0.239 e. The number of halogens is 2. The molecule has 2 fully saturated rings. The van der Waals surface area contributed by atoms with E-state index in [2.05, 4.69) is 5.32 Å². The third-order valence-electron chi connectivity index (χ3n) is 5.18. The van der Waals surface area contributed by atoms with Crippen molar-refractivity contribution in [3.05, 3.63) is 29.8 Å². The number of benzene rings is 1. The number of hydrogen-bond acceptors (Lipinski definition) is 3. The summed E-state index contributed by atoms with van der Waals surface area (Å²) >= 11 is 0. The lowest BCUT2D eigenvalue weighted by molar-refractivity contribution is -0.135. The van der Waals surface area contributed by atoms with Crippen molar-refractivity contribution in [1.82, 2.24) is 10.2 Å². The zero-order chi connectivity index (χ0) is 19.2. The molecule has 148 valence electrons. The van der Waals surface area contributed by atoms with Crippen molar-refractivity contribution in [3.63, 3.8) is 0 Å². The van der Waals surface area contributed by atoms with E-state index in [4.69, 9.17) is 4.74 Å². The van der Waals surface area contributed by atoms with Gasteiger partial charge in [0.1, 0.15) is 17.4 Å². The van der Waals surface area contributed by atoms with Crippen LogP contribution in [0.15, 0.2) is 18.2 Å². The molecule has 0 aromatic heterocycles. The normalized spacial score (nSPS) is 23.6. The summed E-state index contributed by atoms with van der Waals surface area (Å²) in [6.45, 7) is 0.773. The highest BCUT2D eigenvalue weighted by atomic mass is 19.1. The van der Waals surface area contributed by atoms with Gasteiger partial charge in [-0.15, -0.1) is 0 Å². The molecule has 0 bridgehead atoms. The highest BCUT2D eigenvalue weighted by molar-refractivity contribution is 5.85. The predicted molar refractivity (Wildman–Crippen MR) is 96.2 cm³/mol. The van der Waals surface area contributed by atoms with E-state index in [0.29, 0.717) is 25.8 Å². The molecule has 1 aliphatic heterocycles. The van der Waals surface area contributed by atoms with Gasteiger partial charge in [0.15, 0.2) is 0 Å². The first kappa shape index (κ1) is 19.6. The lowest BCUT2D eigenvalue weighted by atomic mass is 9.93. The largest absolute Gasteiger partial charge is 0.490 e. The molecule has 2 amide bonds. The van der Waals surface area contributed by atoms with E-state index in [1.165, 1.54) is 12.1 Å². The lowest BCUT2D eigenvalue weighted by Crippen LogP contribution is -2.45. The number of hydrogen-bond donors (Lipinski definition) is 1. The van der Waals surface area contributed by atoms with Gasteiger partial charge in [-0.1, -0.05) is 6.42 Å². The van der Waals surface area contributed by atoms with E-state index in [1.54, 1.807) is 4.90 Å². The first-order chi connectivity index (χ1) is 13.0. The maximum Gasteiger partial charge on any atom is 0.239 e. The van der Waals surface area contributed by atoms with Crippen LogP contribution >= 0.6 is 0 Å². The van der Waals surface area contributed by atoms with Crippen molar-refractivity contribution in [3.8, 4) is 5.75 Å². The maximum atomic E-state index is 13.2. The van der Waals surface area contributed by atoms with E-state index in [1.807, 2.05) is 0 Å². The zero-order valence-electron chi connectivity index (χ0n) is 15.4. The molecule has 1 N–H and O–H groups in total. The minimum atomic E-state index is -0.658. The second kappa shape index (κ2) is 9.15. The van der Waals surface area contributed by atoms with E-state index in [-0.39, 0.29) is 36.3 Å². The van der Waals surface area contributed by atoms with Crippen molar-refractivity contribution in [2.24, 2.45) is 0 Å². The number of nitrogens with one attached hydrogen (secondary N) is 1. The Labute approximate surface area is 158 Å². The van der Waals surface area contributed by atoms with Crippen LogP contribution in [0.5, 0.6) is 5.75 Å². The molecule has 27 heavy (non-hydrogen) atoms. The van der Waals surface area contributed by atoms with Gasteiger partial charge in [-0.25, -0.2) is 8.78 Å². The molecule has 2 aliphatic rings. The second-order valence-electron chi connectivity index (χ2n) is 7.39. The molecule has 0 radical (unpaired) electrons. The third kappa shape index (κ3) is 5.91. The van der Waals surface area contributed by atoms with Crippen molar-refractivity contribution in [2.45, 2.75) is 63.5 Å². The zero-order valence-corrected chi connectivity index (χ0v) is 15.4. The molecule has 0 spiro atoms. The van der Waals surface area contributed by atoms with Crippen LogP contribution in [-0.2, 0) is 9.59 Å². The summed E-state index contributed by atoms with van der Waals surface area (Å²) in [7, 11) is 0. The minimum absolute atomic E-state index is 0.0451. The predicted octanol–water partition coefficient (Wildman–Crippen LogP) is 3.17. The van der Waals surface area contributed by atoms with E-state index < -0.39 is 11.6 Å². The van der Waals surface area contributed by atoms with Crippen LogP contribution in [0.1, 0.15) is 51.4 Å². The fourth-order valence-electron chi connectivity index (χ4n) is 3.77. The molecule has 1 aliphatic carbocycles. The fraction of sp³-hybridized carbons (Fsp3) is 0.600. The maximum absolute atomic E-state index is 13.2. The molecule has 3 rings (SSSR count). The first-order valence-corrected chi connectivity index (χ1v) is 9.69. The van der Waals surface area contributed by atoms with Gasteiger partial charge in [0.25, 0.3) is 0 Å². The minimum Gasteiger partial charge on any atom is -0.490 e. The first-order valence-electron chi connectivity index (χ1n) is 9.69. The van der Waals surface area contributed by atoms with Crippen LogP contribution in [0.2, 0.25) is 0 Å². The van der Waals surface area contributed by atoms with Crippen LogP contribution < -0.4 is 10.1 Å². The summed E-state index contributed by atoms with van der Waals surface area (Å²) in [5.41, 5.74) is 0. The van der Waals surface area contributed by atoms with Gasteiger partial charge in [-0.05, 0) is 38.5 Å². The molecule has 5 nitrogen and oxygen atoms in total. The number of ether oxygens (including phenoxy) is 1. The average Bonchev–Trinajstić information content (AvgIpc) is 2.80. The van der Waals surface area contributed by atoms with Crippen LogP contribution in [0, 0.1) is 11.6 Å². The molecule has 1 saturated carbocycles. The molecular weight excluding hydrogens is 354 g/mol. The molecule has 7 heteroatoms. The Hall–Kier alpha value is -2.18. The van der Waals surface area contributed by atoms with E-state index in [0.717, 1.165) is 38.2 Å². The van der Waals surface area contributed by atoms with Gasteiger partial charge in [0.05, 0.1) is 12.6 Å². The van der Waals surface area contributed by atoms with Crippen molar-refractivity contribution in [1.29, 1.82) is 0 Å². The summed E-state index contributed by atoms with van der Waals surface area (Å²) in [6.07, 6.45) is 6.16. The SMILES string of the molecule is O=C(CN1CCCCCC1=O)NC1CCC(Oc2cc(F)cc(F)c2)CC1. The third-order valence-corrected chi connectivity index (χ3v) is 5.18. The van der Waals surface area contributed by atoms with Gasteiger partial charge in [-0.3, -0.25) is 9.59 Å². The number of carbonyl (C=O) groups is 2. The summed E-state index contributed by atoms with van der Waals surface area (Å²) in [5, 5.41) is 3.00. The van der Waals surface area contributed by atoms with Crippen LogP contribution in [0.4, 0.5) is 8.78 Å². The molecular formula is C20H26F2N2O3. The number of amides is 2. The van der Waals surface area contributed by atoms with Gasteiger partial charge >= 0.3 is 0 Å². The Morgan fingerprint density at radius 1 is 1.07 bits per heavy atom. The average molecular weight is 380 g/mol. The topological polar surface area (TPSA) is 58.6 Å². The summed E-state index contributed by atoms with van der Waals surface area (Å²) in [5.74, 6) is -1.19. The van der Waals surface area contributed by atoms with Gasteiger partial charge in [0.2, 0.25) is 11.8 Å². The second-order valence-corrected chi connectivity index (χ2v) is 7.39. The molecule has 1 aromatic carbocycles. The fourth-order valence-corrected chi connectivity index (χ4v) is 3.77. The number of carbonyl (C=O) groups excluding carboxylic acids is 2. The number of rotatable bonds is 5. The van der Waals surface area contributed by atoms with Crippen LogP contribution in [-0.4, -0.2) is 41.9 Å². The van der Waals surface area contributed by atoms with E-state index >= 15 is 0 Å². The van der Waals surface area contributed by atoms with Gasteiger partial charge < -0.3 is 15.0 Å². The lowest BCUT2D eigenvalue weighted by Gasteiger charge is -2.30. The molecule has 0 unspecified atom stereocenters. The van der Waals surface area contributed by atoms with Crippen molar-refractivity contribution in [2.75, 3.05) is 13.1 Å². The summed E-state index contributed by atoms with van der Waals surface area (Å²) < 4.78 is 32.1. The summed E-state index contributed by atoms with van der Waals surface area (Å²) in [6, 6.07) is 3.21.